The normalized spacial score (nSPS) is 17.0. The van der Waals surface area contributed by atoms with Crippen LogP contribution in [-0.2, 0) is 0 Å². The lowest BCUT2D eigenvalue weighted by atomic mass is 9.98. The maximum Gasteiger partial charge on any atom is 0.0945 e. The molecule has 0 aromatic rings. The summed E-state index contributed by atoms with van der Waals surface area (Å²) < 4.78 is 1.43. The first-order valence-electron chi connectivity index (χ1n) is 4.38. The molecule has 0 heterocycles. The Morgan fingerprint density at radius 2 is 1.00 bits per heavy atom. The first kappa shape index (κ1) is 13.8. The van der Waals surface area contributed by atoms with Gasteiger partial charge in [0.2, 0.25) is 0 Å². The Kier molecular flexibility index (Phi) is 5.52. The van der Waals surface area contributed by atoms with Crippen molar-refractivity contribution < 1.29 is 0 Å². The van der Waals surface area contributed by atoms with E-state index in [2.05, 4.69) is 31.9 Å². The van der Waals surface area contributed by atoms with Gasteiger partial charge in [0.25, 0.3) is 0 Å². The smallest absolute Gasteiger partial charge is 0.0945 e. The molecule has 4 heteroatoms. The van der Waals surface area contributed by atoms with Crippen molar-refractivity contribution in [2.75, 3.05) is 0 Å². The van der Waals surface area contributed by atoms with Crippen molar-refractivity contribution in [3.8, 4) is 0 Å². The molecule has 0 aromatic heterocycles. The zero-order valence-electron chi connectivity index (χ0n) is 8.76. The van der Waals surface area contributed by atoms with Gasteiger partial charge in [-0.15, -0.1) is 0 Å². The van der Waals surface area contributed by atoms with E-state index in [4.69, 9.17) is 10.8 Å². The molecule has 1 aliphatic carbocycles. The van der Waals surface area contributed by atoms with Crippen LogP contribution in [0.5, 0.6) is 0 Å². The molecule has 0 radical (unpaired) electrons. The topological polar surface area (TPSA) is 47.7 Å². The molecule has 0 bridgehead atoms. The molecule has 14 heavy (non-hydrogen) atoms. The van der Waals surface area contributed by atoms with Crippen LogP contribution in [0, 0.1) is 10.8 Å². The molecule has 78 valence electrons. The number of halogens is 2. The van der Waals surface area contributed by atoms with E-state index in [1.165, 1.54) is 0 Å². The summed E-state index contributed by atoms with van der Waals surface area (Å²) in [4.78, 5) is 0. The number of hydrogen-bond acceptors (Lipinski definition) is 2. The molecule has 0 aromatic carbocycles. The molecule has 0 unspecified atom stereocenters. The Labute approximate surface area is 102 Å². The van der Waals surface area contributed by atoms with Gasteiger partial charge >= 0.3 is 0 Å². The summed E-state index contributed by atoms with van der Waals surface area (Å²) in [5.74, 6) is 0. The first-order chi connectivity index (χ1) is 6.46. The summed E-state index contributed by atoms with van der Waals surface area (Å²) >= 11 is 6.57. The van der Waals surface area contributed by atoms with Gasteiger partial charge in [0.15, 0.2) is 0 Å². The van der Waals surface area contributed by atoms with E-state index in [0.717, 1.165) is 11.1 Å². The number of rotatable bonds is 0. The largest absolute Gasteiger partial charge is 0.297 e. The third-order valence-corrected chi connectivity index (χ3v) is 3.89. The summed E-state index contributed by atoms with van der Waals surface area (Å²) in [7, 11) is 0. The number of nitrogens with one attached hydrogen (secondary N) is 2. The van der Waals surface area contributed by atoms with Gasteiger partial charge in [0.05, 0.1) is 11.4 Å². The van der Waals surface area contributed by atoms with E-state index in [1.807, 2.05) is 27.7 Å². The van der Waals surface area contributed by atoms with Crippen molar-refractivity contribution in [2.45, 2.75) is 27.7 Å². The quantitative estimate of drug-likeness (QED) is 0.621. The first-order valence-corrected chi connectivity index (χ1v) is 5.96. The van der Waals surface area contributed by atoms with E-state index in [0.29, 0.717) is 8.96 Å². The van der Waals surface area contributed by atoms with Gasteiger partial charge in [-0.3, -0.25) is 10.8 Å². The molecule has 0 amide bonds. The highest BCUT2D eigenvalue weighted by Gasteiger charge is 2.22. The second-order valence-electron chi connectivity index (χ2n) is 2.63. The van der Waals surface area contributed by atoms with Gasteiger partial charge in [0, 0.05) is 8.96 Å². The summed E-state index contributed by atoms with van der Waals surface area (Å²) in [6, 6.07) is 0. The Morgan fingerprint density at radius 3 is 1.21 bits per heavy atom. The molecular weight excluding hydrogens is 308 g/mol. The fraction of sp³-hybridized carbons (Fsp3) is 0.400. The van der Waals surface area contributed by atoms with Crippen LogP contribution in [-0.4, -0.2) is 11.4 Å². The maximum absolute atomic E-state index is 7.56. The van der Waals surface area contributed by atoms with Gasteiger partial charge in [-0.05, 0) is 56.9 Å². The van der Waals surface area contributed by atoms with E-state index in [1.54, 1.807) is 0 Å². The Bertz CT molecular complexity index is 289. The van der Waals surface area contributed by atoms with Crippen LogP contribution in [0.3, 0.4) is 0 Å². The van der Waals surface area contributed by atoms with Crippen molar-refractivity contribution in [1.82, 2.24) is 0 Å². The third kappa shape index (κ3) is 2.42. The maximum atomic E-state index is 7.56. The summed E-state index contributed by atoms with van der Waals surface area (Å²) in [6.07, 6.45) is 0. The average molecular weight is 322 g/mol. The molecule has 0 atom stereocenters. The third-order valence-electron chi connectivity index (χ3n) is 1.91. The van der Waals surface area contributed by atoms with Crippen molar-refractivity contribution in [3.63, 3.8) is 0 Å². The molecule has 1 aliphatic rings. The van der Waals surface area contributed by atoms with Crippen molar-refractivity contribution >= 4 is 43.3 Å². The molecule has 0 saturated heterocycles. The lowest BCUT2D eigenvalue weighted by Crippen LogP contribution is -2.18. The lowest BCUT2D eigenvalue weighted by Gasteiger charge is -2.17. The predicted octanol–water partition coefficient (Wildman–Crippen LogP) is 4.40. The van der Waals surface area contributed by atoms with E-state index in [-0.39, 0.29) is 11.4 Å². The van der Waals surface area contributed by atoms with Crippen LogP contribution in [0.15, 0.2) is 20.1 Å². The fourth-order valence-electron chi connectivity index (χ4n) is 0.924. The van der Waals surface area contributed by atoms with Gasteiger partial charge < -0.3 is 0 Å². The van der Waals surface area contributed by atoms with Crippen LogP contribution >= 0.6 is 31.9 Å². The Hall–Kier alpha value is -0.220. The Balaban J connectivity index is 0.000000791. The minimum absolute atomic E-state index is 0.241. The minimum Gasteiger partial charge on any atom is -0.297 e. The molecule has 0 spiro atoms. The highest BCUT2D eigenvalue weighted by atomic mass is 79.9. The lowest BCUT2D eigenvalue weighted by molar-refractivity contribution is 1.32. The second kappa shape index (κ2) is 5.61. The average Bonchev–Trinajstić information content (AvgIpc) is 2.24. The van der Waals surface area contributed by atoms with Crippen molar-refractivity contribution in [3.05, 3.63) is 20.1 Å². The SMILES string of the molecule is CC.CC1=C(Br)C(=N)C(=N)C(Br)=C1C. The second-order valence-corrected chi connectivity index (χ2v) is 4.21. The van der Waals surface area contributed by atoms with Crippen LogP contribution in [0.25, 0.3) is 0 Å². The van der Waals surface area contributed by atoms with Gasteiger partial charge in [-0.25, -0.2) is 0 Å². The Morgan fingerprint density at radius 1 is 0.786 bits per heavy atom. The van der Waals surface area contributed by atoms with E-state index in [9.17, 15) is 0 Å². The van der Waals surface area contributed by atoms with Crippen molar-refractivity contribution in [1.29, 1.82) is 10.8 Å². The van der Waals surface area contributed by atoms with Gasteiger partial charge in [-0.2, -0.15) is 0 Å². The van der Waals surface area contributed by atoms with Crippen molar-refractivity contribution in [2.24, 2.45) is 0 Å². The highest BCUT2D eigenvalue weighted by Crippen LogP contribution is 2.31. The number of hydrogen-bond donors (Lipinski definition) is 2. The summed E-state index contributed by atoms with van der Waals surface area (Å²) in [5.41, 5.74) is 2.51. The predicted molar refractivity (Wildman–Crippen MR) is 70.1 cm³/mol. The standard InChI is InChI=1S/C8H8Br2N2.C2H6/c1-3-4(2)6(10)8(12)7(11)5(3)9;1-2/h11-12H,1-2H3;1-2H3. The van der Waals surface area contributed by atoms with Gasteiger partial charge in [-0.1, -0.05) is 13.8 Å². The highest BCUT2D eigenvalue weighted by molar-refractivity contribution is 9.12. The van der Waals surface area contributed by atoms with Crippen LogP contribution in [0.4, 0.5) is 0 Å². The molecule has 0 saturated carbocycles. The van der Waals surface area contributed by atoms with Crippen LogP contribution < -0.4 is 0 Å². The minimum atomic E-state index is 0.241. The summed E-state index contributed by atoms with van der Waals surface area (Å²) in [6.45, 7) is 7.86. The molecular formula is C10H14Br2N2. The van der Waals surface area contributed by atoms with Gasteiger partial charge in [0.1, 0.15) is 0 Å². The van der Waals surface area contributed by atoms with Crippen LogP contribution in [0.2, 0.25) is 0 Å². The molecule has 0 fully saturated rings. The zero-order valence-corrected chi connectivity index (χ0v) is 11.9. The summed E-state index contributed by atoms with van der Waals surface area (Å²) in [5, 5.41) is 15.1. The molecule has 2 N–H and O–H groups in total. The molecule has 2 nitrogen and oxygen atoms in total. The molecule has 0 aliphatic heterocycles. The zero-order chi connectivity index (χ0) is 11.5. The monoisotopic (exact) mass is 320 g/mol. The van der Waals surface area contributed by atoms with Crippen LogP contribution in [0.1, 0.15) is 27.7 Å². The van der Waals surface area contributed by atoms with E-state index >= 15 is 0 Å². The fourth-order valence-corrected chi connectivity index (χ4v) is 1.91. The number of allylic oxidation sites excluding steroid dienone is 4. The van der Waals surface area contributed by atoms with E-state index < -0.39 is 0 Å². The molecule has 1 rings (SSSR count).